The molecule has 2 spiro atoms. The molecule has 0 radical (unpaired) electrons. The zero-order chi connectivity index (χ0) is 32.3. The average molecular weight is 646 g/mol. The summed E-state index contributed by atoms with van der Waals surface area (Å²) in [6.45, 7) is 7.87. The summed E-state index contributed by atoms with van der Waals surface area (Å²) in [5.74, 6) is -6.58. The van der Waals surface area contributed by atoms with Crippen molar-refractivity contribution in [3.63, 3.8) is 0 Å². The van der Waals surface area contributed by atoms with Crippen molar-refractivity contribution in [1.29, 1.82) is 0 Å². The summed E-state index contributed by atoms with van der Waals surface area (Å²) < 4.78 is 53.7. The number of carbonyl (C=O) groups is 3. The molecule has 0 unspecified atom stereocenters. The van der Waals surface area contributed by atoms with E-state index in [9.17, 15) is 37.4 Å². The van der Waals surface area contributed by atoms with Gasteiger partial charge in [-0.15, -0.1) is 0 Å². The molecule has 1 aromatic rings. The highest BCUT2D eigenvalue weighted by atomic mass is 32.2. The number of carbonyl (C=O) groups excluding carboxylic acids is 3. The number of ether oxygens (including phenoxy) is 2. The van der Waals surface area contributed by atoms with Gasteiger partial charge in [-0.2, -0.15) is 0 Å². The molecule has 45 heavy (non-hydrogen) atoms. The minimum Gasteiger partial charge on any atom is -0.460 e. The Morgan fingerprint density at radius 2 is 1.76 bits per heavy atom. The number of fused-ring (bicyclic) bond motifs is 2. The van der Waals surface area contributed by atoms with Gasteiger partial charge in [0.1, 0.15) is 29.2 Å². The highest BCUT2D eigenvalue weighted by molar-refractivity contribution is 7.89. The lowest BCUT2D eigenvalue weighted by molar-refractivity contribution is -0.437. The predicted molar refractivity (Wildman–Crippen MR) is 156 cm³/mol. The number of esters is 1. The van der Waals surface area contributed by atoms with Crippen molar-refractivity contribution < 1.29 is 46.9 Å². The van der Waals surface area contributed by atoms with Crippen LogP contribution in [-0.4, -0.2) is 66.8 Å². The van der Waals surface area contributed by atoms with Crippen LogP contribution in [0.25, 0.3) is 0 Å². The van der Waals surface area contributed by atoms with Gasteiger partial charge in [-0.05, 0) is 86.1 Å². The molecule has 2 saturated heterocycles. The summed E-state index contributed by atoms with van der Waals surface area (Å²) in [5.41, 5.74) is -3.37. The van der Waals surface area contributed by atoms with Gasteiger partial charge in [0.05, 0.1) is 22.8 Å². The maximum absolute atomic E-state index is 14.3. The van der Waals surface area contributed by atoms with Crippen molar-refractivity contribution in [1.82, 2.24) is 4.72 Å². The van der Waals surface area contributed by atoms with E-state index in [4.69, 9.17) is 9.47 Å². The van der Waals surface area contributed by atoms with E-state index in [1.54, 1.807) is 0 Å². The quantitative estimate of drug-likeness (QED) is 0.324. The minimum atomic E-state index is -3.88. The molecule has 4 bridgehead atoms. The molecular weight excluding hydrogens is 605 g/mol. The number of benzene rings is 1. The fourth-order valence-electron chi connectivity index (χ4n) is 10.3. The van der Waals surface area contributed by atoms with E-state index in [1.165, 1.54) is 12.1 Å². The van der Waals surface area contributed by atoms with E-state index < -0.39 is 91.5 Å². The summed E-state index contributed by atoms with van der Waals surface area (Å²) in [5, 5.41) is 24.2. The molecule has 10 nitrogen and oxygen atoms in total. The lowest BCUT2D eigenvalue weighted by Crippen LogP contribution is -2.85. The van der Waals surface area contributed by atoms with Crippen LogP contribution >= 0.6 is 0 Å². The fourth-order valence-corrected chi connectivity index (χ4v) is 11.6. The van der Waals surface area contributed by atoms with E-state index in [-0.39, 0.29) is 29.3 Å². The Bertz CT molecular complexity index is 1580. The molecule has 2 heterocycles. The number of Topliss-reactive ketones (excluding diaryl/α,β-unsaturated/α-hetero) is 2. The van der Waals surface area contributed by atoms with E-state index in [0.29, 0.717) is 44.9 Å². The number of nitrogens with one attached hydrogen (secondary N) is 1. The van der Waals surface area contributed by atoms with Crippen molar-refractivity contribution in [2.75, 3.05) is 6.61 Å². The van der Waals surface area contributed by atoms with Crippen LogP contribution in [0.2, 0.25) is 0 Å². The first-order valence-electron chi connectivity index (χ1n) is 15.9. The Labute approximate surface area is 261 Å². The summed E-state index contributed by atoms with van der Waals surface area (Å²) >= 11 is 0. The number of aliphatic hydroxyl groups is 2. The Balaban J connectivity index is 1.14. The van der Waals surface area contributed by atoms with Crippen LogP contribution in [0.4, 0.5) is 4.39 Å². The first-order chi connectivity index (χ1) is 21.1. The number of aliphatic hydroxyl groups excluding tert-OH is 1. The van der Waals surface area contributed by atoms with Gasteiger partial charge in [0.25, 0.3) is 0 Å². The molecule has 0 aromatic heterocycles. The second-order valence-corrected chi connectivity index (χ2v) is 16.5. The predicted octanol–water partition coefficient (Wildman–Crippen LogP) is 2.81. The van der Waals surface area contributed by atoms with Gasteiger partial charge in [-0.3, -0.25) is 14.4 Å². The first kappa shape index (κ1) is 31.1. The highest BCUT2D eigenvalue weighted by Gasteiger charge is 2.88. The number of hydrogen-bond donors (Lipinski definition) is 3. The summed E-state index contributed by atoms with van der Waals surface area (Å²) in [6.07, 6.45) is 0.315. The van der Waals surface area contributed by atoms with Gasteiger partial charge in [0.15, 0.2) is 5.78 Å². The topological polar surface area (TPSA) is 156 Å². The number of rotatable bonds is 5. The van der Waals surface area contributed by atoms with Crippen molar-refractivity contribution in [3.8, 4) is 0 Å². The average Bonchev–Trinajstić information content (AvgIpc) is 3.10. The summed E-state index contributed by atoms with van der Waals surface area (Å²) in [7, 11) is -3.88. The van der Waals surface area contributed by atoms with Crippen LogP contribution in [0.15, 0.2) is 41.3 Å². The Hall–Kier alpha value is -2.51. The lowest BCUT2D eigenvalue weighted by Gasteiger charge is -2.73. The molecular formula is C33H40FNO9S. The monoisotopic (exact) mass is 645 g/mol. The molecule has 8 atom stereocenters. The van der Waals surface area contributed by atoms with E-state index >= 15 is 0 Å². The fraction of sp³-hybridized carbons (Fsp3) is 0.667. The van der Waals surface area contributed by atoms with Crippen LogP contribution in [-0.2, 0) is 33.9 Å². The molecule has 2 aliphatic heterocycles. The van der Waals surface area contributed by atoms with Gasteiger partial charge in [-0.25, -0.2) is 17.5 Å². The van der Waals surface area contributed by atoms with Gasteiger partial charge < -0.3 is 19.7 Å². The minimum absolute atomic E-state index is 0.0532. The van der Waals surface area contributed by atoms with E-state index in [1.807, 2.05) is 13.8 Å². The van der Waals surface area contributed by atoms with Crippen LogP contribution in [0.5, 0.6) is 0 Å². The Morgan fingerprint density at radius 1 is 1.09 bits per heavy atom. The van der Waals surface area contributed by atoms with Crippen molar-refractivity contribution in [3.05, 3.63) is 42.2 Å². The normalized spacial score (nSPS) is 43.5. The molecule has 7 fully saturated rings. The molecule has 12 heteroatoms. The largest absolute Gasteiger partial charge is 0.460 e. The second-order valence-electron chi connectivity index (χ2n) is 14.8. The van der Waals surface area contributed by atoms with Crippen LogP contribution < -0.4 is 4.72 Å². The van der Waals surface area contributed by atoms with E-state index in [2.05, 4.69) is 11.3 Å². The third-order valence-electron chi connectivity index (χ3n) is 12.4. The Morgan fingerprint density at radius 3 is 2.42 bits per heavy atom. The molecule has 244 valence electrons. The maximum Gasteiger partial charge on any atom is 0.309 e. The van der Waals surface area contributed by atoms with Crippen LogP contribution in [0.1, 0.15) is 65.2 Å². The third-order valence-corrected chi connectivity index (χ3v) is 13.9. The molecule has 8 rings (SSSR count). The highest BCUT2D eigenvalue weighted by Crippen LogP contribution is 2.76. The zero-order valence-corrected chi connectivity index (χ0v) is 26.3. The van der Waals surface area contributed by atoms with Crippen LogP contribution in [0.3, 0.4) is 0 Å². The Kier molecular flexibility index (Phi) is 6.91. The van der Waals surface area contributed by atoms with Crippen LogP contribution in [0, 0.1) is 45.7 Å². The van der Waals surface area contributed by atoms with Gasteiger partial charge in [-0.1, -0.05) is 20.4 Å². The molecule has 5 aliphatic carbocycles. The maximum atomic E-state index is 14.3. The lowest BCUT2D eigenvalue weighted by atomic mass is 9.36. The molecule has 7 aliphatic rings. The van der Waals surface area contributed by atoms with E-state index in [0.717, 1.165) is 12.1 Å². The SMILES string of the molecule is C=C1C(=O)[C@]23[C@H](OC(=O)C4CCC(NS(=O)(=O)c5ccc(F)cc5)CC4)[C@H]1CC[C@H]2[C@@]12CO[C@@]3(O)[C@@H](O)[C@@H]1C(C)(C)CCC2=O. The van der Waals surface area contributed by atoms with Gasteiger partial charge >= 0.3 is 5.97 Å². The number of hydrogen-bond acceptors (Lipinski definition) is 9. The molecule has 1 aromatic carbocycles. The third kappa shape index (κ3) is 3.98. The summed E-state index contributed by atoms with van der Waals surface area (Å²) in [6, 6.07) is 4.10. The smallest absolute Gasteiger partial charge is 0.309 e. The first-order valence-corrected chi connectivity index (χ1v) is 17.4. The molecule has 3 N–H and O–H groups in total. The number of sulfonamides is 1. The van der Waals surface area contributed by atoms with Crippen molar-refractivity contribution in [2.45, 2.75) is 94.1 Å². The molecule has 0 amide bonds. The second kappa shape index (κ2) is 10.00. The standard InChI is InChI=1S/C33H40FNO9S/c1-17-22-12-13-23-31-16-43-33(40,27(38)25(31)30(2,3)15-14-24(31)36)32(23,26(17)37)28(22)44-29(39)18-4-8-20(9-5-18)35-45(41,42)21-10-6-19(34)7-11-21/h6-7,10-11,18,20,22-23,25,27-28,35,38,40H,1,4-5,8-9,12-16H2,2-3H3/t18?,20?,22-,23-,25+,27-,28+,31+,32-,33-/m0/s1. The summed E-state index contributed by atoms with van der Waals surface area (Å²) in [4.78, 5) is 41.9. The van der Waals surface area contributed by atoms with Crippen molar-refractivity contribution >= 4 is 27.6 Å². The van der Waals surface area contributed by atoms with Gasteiger partial charge in [0, 0.05) is 24.3 Å². The molecule has 5 saturated carbocycles. The number of ketones is 2. The number of halogens is 1. The van der Waals surface area contributed by atoms with Gasteiger partial charge in [0.2, 0.25) is 15.8 Å². The van der Waals surface area contributed by atoms with Crippen molar-refractivity contribution in [2.24, 2.45) is 39.9 Å². The zero-order valence-electron chi connectivity index (χ0n) is 25.5.